The van der Waals surface area contributed by atoms with Crippen LogP contribution in [0.5, 0.6) is 5.75 Å². The topological polar surface area (TPSA) is 51.2 Å². The first kappa shape index (κ1) is 17.1. The molecule has 1 N–H and O–H groups in total. The molecule has 0 radical (unpaired) electrons. The summed E-state index contributed by atoms with van der Waals surface area (Å²) in [6.45, 7) is 2.65. The number of ether oxygens (including phenoxy) is 1. The van der Waals surface area contributed by atoms with Crippen molar-refractivity contribution in [2.24, 2.45) is 0 Å². The number of hydrogen-bond acceptors (Lipinski definition) is 4. The Bertz CT molecular complexity index is 921. The Morgan fingerprint density at radius 2 is 2.12 bits per heavy atom. The van der Waals surface area contributed by atoms with E-state index in [0.717, 1.165) is 17.7 Å². The summed E-state index contributed by atoms with van der Waals surface area (Å²) in [7, 11) is 0. The molecule has 0 saturated heterocycles. The van der Waals surface area contributed by atoms with Crippen molar-refractivity contribution in [3.05, 3.63) is 59.9 Å². The van der Waals surface area contributed by atoms with E-state index in [-0.39, 0.29) is 11.4 Å². The smallest absolute Gasteiger partial charge is 0.250 e. The maximum atomic E-state index is 13.7. The number of benzene rings is 2. The van der Waals surface area contributed by atoms with Gasteiger partial charge in [-0.3, -0.25) is 10.1 Å². The predicted octanol–water partition coefficient (Wildman–Crippen LogP) is 4.88. The third kappa shape index (κ3) is 4.22. The van der Waals surface area contributed by atoms with Crippen LogP contribution in [0.1, 0.15) is 18.9 Å². The second kappa shape index (κ2) is 7.90. The van der Waals surface area contributed by atoms with Crippen LogP contribution in [-0.4, -0.2) is 17.5 Å². The summed E-state index contributed by atoms with van der Waals surface area (Å²) in [5.41, 5.74) is 1.09. The van der Waals surface area contributed by atoms with E-state index in [4.69, 9.17) is 4.74 Å². The lowest BCUT2D eigenvalue weighted by Crippen LogP contribution is -2.07. The van der Waals surface area contributed by atoms with E-state index in [1.165, 1.54) is 23.5 Å². The zero-order valence-corrected chi connectivity index (χ0v) is 14.5. The standard InChI is InChI=1S/C19H17FN2O2S/c1-2-12-24-15-8-4-3-6-13(15)10-11-17(23)21-19-22-18-14(20)7-5-9-16(18)25-19/h3-11H,2,12H2,1H3,(H,21,22,23)/b11-10+. The molecule has 0 bridgehead atoms. The van der Waals surface area contributed by atoms with Gasteiger partial charge < -0.3 is 4.74 Å². The summed E-state index contributed by atoms with van der Waals surface area (Å²) in [5.74, 6) is 0.00649. The molecule has 1 aromatic heterocycles. The largest absolute Gasteiger partial charge is 0.493 e. The number of fused-ring (bicyclic) bond motifs is 1. The average molecular weight is 356 g/mol. The number of carbonyl (C=O) groups is 1. The van der Waals surface area contributed by atoms with Crippen molar-refractivity contribution in [2.45, 2.75) is 13.3 Å². The van der Waals surface area contributed by atoms with Gasteiger partial charge in [-0.2, -0.15) is 0 Å². The van der Waals surface area contributed by atoms with Crippen LogP contribution in [0, 0.1) is 5.82 Å². The van der Waals surface area contributed by atoms with Crippen LogP contribution in [-0.2, 0) is 4.79 Å². The summed E-state index contributed by atoms with van der Waals surface area (Å²) in [4.78, 5) is 16.2. The Morgan fingerprint density at radius 1 is 1.28 bits per heavy atom. The van der Waals surface area contributed by atoms with E-state index in [1.807, 2.05) is 31.2 Å². The van der Waals surface area contributed by atoms with Crippen LogP contribution in [0.15, 0.2) is 48.5 Å². The lowest BCUT2D eigenvalue weighted by molar-refractivity contribution is -0.111. The minimum Gasteiger partial charge on any atom is -0.493 e. The van der Waals surface area contributed by atoms with Crippen molar-refractivity contribution in [3.8, 4) is 5.75 Å². The van der Waals surface area contributed by atoms with Gasteiger partial charge >= 0.3 is 0 Å². The van der Waals surface area contributed by atoms with E-state index >= 15 is 0 Å². The van der Waals surface area contributed by atoms with Gasteiger partial charge in [-0.1, -0.05) is 42.5 Å². The number of anilines is 1. The summed E-state index contributed by atoms with van der Waals surface area (Å²) in [6.07, 6.45) is 4.01. The number of halogens is 1. The fraction of sp³-hybridized carbons (Fsp3) is 0.158. The molecule has 1 amide bonds. The Labute approximate surface area is 149 Å². The Balaban J connectivity index is 1.71. The Kier molecular flexibility index (Phi) is 5.40. The highest BCUT2D eigenvalue weighted by Gasteiger charge is 2.09. The number of carbonyl (C=O) groups excluding carboxylic acids is 1. The molecule has 3 rings (SSSR count). The molecule has 3 aromatic rings. The number of aromatic nitrogens is 1. The molecule has 0 fully saturated rings. The first-order valence-electron chi connectivity index (χ1n) is 7.93. The van der Waals surface area contributed by atoms with Gasteiger partial charge in [-0.05, 0) is 30.7 Å². The van der Waals surface area contributed by atoms with Crippen LogP contribution in [0.3, 0.4) is 0 Å². The molecule has 6 heteroatoms. The minimum absolute atomic E-state index is 0.269. The minimum atomic E-state index is -0.396. The zero-order valence-electron chi connectivity index (χ0n) is 13.7. The molecule has 0 aliphatic rings. The van der Waals surface area contributed by atoms with E-state index in [9.17, 15) is 9.18 Å². The van der Waals surface area contributed by atoms with Crippen LogP contribution >= 0.6 is 11.3 Å². The molecule has 0 atom stereocenters. The summed E-state index contributed by atoms with van der Waals surface area (Å²) in [5, 5.41) is 3.03. The van der Waals surface area contributed by atoms with Gasteiger partial charge in [0.1, 0.15) is 17.1 Å². The first-order chi connectivity index (χ1) is 12.2. The molecule has 128 valence electrons. The maximum Gasteiger partial charge on any atom is 0.250 e. The van der Waals surface area contributed by atoms with Crippen molar-refractivity contribution in [1.82, 2.24) is 4.98 Å². The average Bonchev–Trinajstić information content (AvgIpc) is 3.02. The normalized spacial score (nSPS) is 11.1. The number of thiazole rings is 1. The molecule has 4 nitrogen and oxygen atoms in total. The predicted molar refractivity (Wildman–Crippen MR) is 99.5 cm³/mol. The lowest BCUT2D eigenvalue weighted by Gasteiger charge is -2.07. The van der Waals surface area contributed by atoms with Crippen molar-refractivity contribution in [3.63, 3.8) is 0 Å². The highest BCUT2D eigenvalue weighted by atomic mass is 32.1. The number of rotatable bonds is 6. The van der Waals surface area contributed by atoms with Gasteiger partial charge in [0, 0.05) is 11.6 Å². The quantitative estimate of drug-likeness (QED) is 0.641. The lowest BCUT2D eigenvalue weighted by atomic mass is 10.2. The van der Waals surface area contributed by atoms with Crippen LogP contribution < -0.4 is 10.1 Å². The zero-order chi connectivity index (χ0) is 17.6. The monoisotopic (exact) mass is 356 g/mol. The van der Waals surface area contributed by atoms with Crippen LogP contribution in [0.25, 0.3) is 16.3 Å². The van der Waals surface area contributed by atoms with Crippen LogP contribution in [0.4, 0.5) is 9.52 Å². The van der Waals surface area contributed by atoms with Gasteiger partial charge in [0.15, 0.2) is 5.13 Å². The number of para-hydroxylation sites is 2. The summed E-state index contributed by atoms with van der Waals surface area (Å²) in [6, 6.07) is 12.2. The second-order valence-electron chi connectivity index (χ2n) is 5.31. The van der Waals surface area contributed by atoms with Crippen LogP contribution in [0.2, 0.25) is 0 Å². The van der Waals surface area contributed by atoms with E-state index < -0.39 is 5.82 Å². The molecule has 0 unspecified atom stereocenters. The first-order valence-corrected chi connectivity index (χ1v) is 8.75. The third-order valence-electron chi connectivity index (χ3n) is 3.39. The number of nitrogens with one attached hydrogen (secondary N) is 1. The molecule has 0 spiro atoms. The molecule has 0 aliphatic heterocycles. The third-order valence-corrected chi connectivity index (χ3v) is 4.33. The SMILES string of the molecule is CCCOc1ccccc1/C=C/C(=O)Nc1nc2c(F)cccc2s1. The maximum absolute atomic E-state index is 13.7. The highest BCUT2D eigenvalue weighted by molar-refractivity contribution is 7.22. The van der Waals surface area contributed by atoms with Gasteiger partial charge in [0.25, 0.3) is 0 Å². The fourth-order valence-electron chi connectivity index (χ4n) is 2.24. The molecule has 0 aliphatic carbocycles. The Hall–Kier alpha value is -2.73. The number of amides is 1. The van der Waals surface area contributed by atoms with E-state index in [0.29, 0.717) is 16.4 Å². The molecule has 1 heterocycles. The highest BCUT2D eigenvalue weighted by Crippen LogP contribution is 2.27. The molecular formula is C19H17FN2O2S. The van der Waals surface area contributed by atoms with Gasteiger partial charge in [0.2, 0.25) is 5.91 Å². The fourth-order valence-corrected chi connectivity index (χ4v) is 3.13. The summed E-state index contributed by atoms with van der Waals surface area (Å²) < 4.78 is 20.0. The molecular weight excluding hydrogens is 339 g/mol. The summed E-state index contributed by atoms with van der Waals surface area (Å²) >= 11 is 1.23. The van der Waals surface area contributed by atoms with Gasteiger partial charge in [0.05, 0.1) is 11.3 Å². The van der Waals surface area contributed by atoms with Gasteiger partial charge in [-0.25, -0.2) is 9.37 Å². The van der Waals surface area contributed by atoms with Crippen molar-refractivity contribution in [2.75, 3.05) is 11.9 Å². The van der Waals surface area contributed by atoms with Crippen molar-refractivity contribution in [1.29, 1.82) is 0 Å². The van der Waals surface area contributed by atoms with Crippen molar-refractivity contribution < 1.29 is 13.9 Å². The van der Waals surface area contributed by atoms with E-state index in [1.54, 1.807) is 18.2 Å². The van der Waals surface area contributed by atoms with Gasteiger partial charge in [-0.15, -0.1) is 0 Å². The molecule has 25 heavy (non-hydrogen) atoms. The second-order valence-corrected chi connectivity index (χ2v) is 6.35. The molecule has 0 saturated carbocycles. The molecule has 2 aromatic carbocycles. The number of hydrogen-bond donors (Lipinski definition) is 1. The Morgan fingerprint density at radius 3 is 2.92 bits per heavy atom. The number of nitrogens with zero attached hydrogens (tertiary/aromatic N) is 1. The van der Waals surface area contributed by atoms with Crippen molar-refractivity contribution >= 4 is 38.7 Å². The van der Waals surface area contributed by atoms with E-state index in [2.05, 4.69) is 10.3 Å².